The number of hydrogen-bond donors (Lipinski definition) is 1. The van der Waals surface area contributed by atoms with Crippen LogP contribution >= 0.6 is 0 Å². The third kappa shape index (κ3) is 3.67. The van der Waals surface area contributed by atoms with Crippen molar-refractivity contribution in [1.82, 2.24) is 0 Å². The topological polar surface area (TPSA) is 44.5 Å². The second kappa shape index (κ2) is 5.47. The number of nitrogens with two attached hydrogens (primary N) is 1. The summed E-state index contributed by atoms with van der Waals surface area (Å²) in [7, 11) is 0. The summed E-state index contributed by atoms with van der Waals surface area (Å²) in [5, 5.41) is 0. The van der Waals surface area contributed by atoms with Crippen LogP contribution in [0.25, 0.3) is 0 Å². The van der Waals surface area contributed by atoms with Crippen molar-refractivity contribution in [3.8, 4) is 5.75 Å². The van der Waals surface area contributed by atoms with Crippen molar-refractivity contribution in [3.63, 3.8) is 0 Å². The van der Waals surface area contributed by atoms with Crippen molar-refractivity contribution in [1.29, 1.82) is 0 Å². The first-order chi connectivity index (χ1) is 8.87. The maximum Gasteiger partial charge on any atom is 0.165 e. The Balaban J connectivity index is 1.93. The Kier molecular flexibility index (Phi) is 4.11. The quantitative estimate of drug-likeness (QED) is 0.911. The van der Waals surface area contributed by atoms with Crippen LogP contribution in [0.15, 0.2) is 18.2 Å². The van der Waals surface area contributed by atoms with Gasteiger partial charge in [0.1, 0.15) is 6.61 Å². The van der Waals surface area contributed by atoms with E-state index in [9.17, 15) is 4.39 Å². The molecule has 1 aromatic carbocycles. The summed E-state index contributed by atoms with van der Waals surface area (Å²) >= 11 is 0. The van der Waals surface area contributed by atoms with Crippen LogP contribution in [0.2, 0.25) is 0 Å². The molecule has 0 amide bonds. The van der Waals surface area contributed by atoms with E-state index in [0.717, 1.165) is 18.4 Å². The molecule has 2 rings (SSSR count). The van der Waals surface area contributed by atoms with Crippen molar-refractivity contribution in [2.75, 3.05) is 6.61 Å². The molecule has 2 atom stereocenters. The zero-order valence-electron chi connectivity index (χ0n) is 11.8. The lowest BCUT2D eigenvalue weighted by Crippen LogP contribution is -2.24. The Hall–Kier alpha value is -1.13. The summed E-state index contributed by atoms with van der Waals surface area (Å²) in [5.41, 5.74) is 6.38. The van der Waals surface area contributed by atoms with Crippen molar-refractivity contribution in [2.45, 2.75) is 51.4 Å². The Labute approximate surface area is 113 Å². The third-order valence-electron chi connectivity index (χ3n) is 3.46. The smallest absolute Gasteiger partial charge is 0.165 e. The molecule has 106 valence electrons. The molecule has 0 aromatic heterocycles. The van der Waals surface area contributed by atoms with Gasteiger partial charge in [0, 0.05) is 6.04 Å². The molecule has 0 aliphatic carbocycles. The van der Waals surface area contributed by atoms with Gasteiger partial charge in [-0.15, -0.1) is 0 Å². The number of benzene rings is 1. The monoisotopic (exact) mass is 267 g/mol. The summed E-state index contributed by atoms with van der Waals surface area (Å²) in [4.78, 5) is 0. The van der Waals surface area contributed by atoms with E-state index in [4.69, 9.17) is 15.2 Å². The van der Waals surface area contributed by atoms with Crippen LogP contribution in [0.4, 0.5) is 4.39 Å². The summed E-state index contributed by atoms with van der Waals surface area (Å²) in [6.45, 7) is 6.33. The predicted octanol–water partition coefficient (Wildman–Crippen LogP) is 3.18. The van der Waals surface area contributed by atoms with E-state index < -0.39 is 0 Å². The summed E-state index contributed by atoms with van der Waals surface area (Å²) in [6.07, 6.45) is 2.00. The van der Waals surface area contributed by atoms with Crippen molar-refractivity contribution >= 4 is 0 Å². The molecule has 19 heavy (non-hydrogen) atoms. The number of ether oxygens (including phenoxy) is 2. The molecule has 1 fully saturated rings. The highest BCUT2D eigenvalue weighted by molar-refractivity contribution is 5.30. The standard InChI is InChI=1S/C15H22FNO2/c1-10(17)11-4-5-14(13(16)8-11)18-9-12-6-7-15(2,3)19-12/h4-5,8,10,12H,6-7,9,17H2,1-3H3/t10-,12?/m0/s1. The largest absolute Gasteiger partial charge is 0.488 e. The number of halogens is 1. The second-order valence-electron chi connectivity index (χ2n) is 5.83. The molecule has 2 N–H and O–H groups in total. The van der Waals surface area contributed by atoms with Gasteiger partial charge in [0.05, 0.1) is 11.7 Å². The molecule has 3 nitrogen and oxygen atoms in total. The highest BCUT2D eigenvalue weighted by atomic mass is 19.1. The molecule has 1 aliphatic heterocycles. The molecule has 1 unspecified atom stereocenters. The Bertz CT molecular complexity index is 446. The van der Waals surface area contributed by atoms with E-state index in [1.807, 2.05) is 6.92 Å². The summed E-state index contributed by atoms with van der Waals surface area (Å²) in [6, 6.07) is 4.68. The minimum atomic E-state index is -0.368. The Morgan fingerprint density at radius 2 is 2.26 bits per heavy atom. The maximum atomic E-state index is 13.8. The van der Waals surface area contributed by atoms with E-state index in [1.54, 1.807) is 12.1 Å². The third-order valence-corrected chi connectivity index (χ3v) is 3.46. The second-order valence-corrected chi connectivity index (χ2v) is 5.83. The highest BCUT2D eigenvalue weighted by Crippen LogP contribution is 2.30. The molecule has 1 saturated heterocycles. The lowest BCUT2D eigenvalue weighted by molar-refractivity contribution is -0.0330. The number of hydrogen-bond acceptors (Lipinski definition) is 3. The minimum Gasteiger partial charge on any atom is -0.488 e. The van der Waals surface area contributed by atoms with Crippen molar-refractivity contribution in [2.24, 2.45) is 5.73 Å². The molecule has 0 bridgehead atoms. The summed E-state index contributed by atoms with van der Waals surface area (Å²) in [5.74, 6) is -0.107. The van der Waals surface area contributed by atoms with Crippen molar-refractivity contribution in [3.05, 3.63) is 29.6 Å². The molecule has 1 aliphatic rings. The highest BCUT2D eigenvalue weighted by Gasteiger charge is 2.32. The van der Waals surface area contributed by atoms with Crippen LogP contribution in [0.3, 0.4) is 0 Å². The SMILES string of the molecule is C[C@H](N)c1ccc(OCC2CCC(C)(C)O2)c(F)c1. The Morgan fingerprint density at radius 3 is 2.79 bits per heavy atom. The van der Waals surface area contributed by atoms with Crippen molar-refractivity contribution < 1.29 is 13.9 Å². The van der Waals surface area contributed by atoms with Gasteiger partial charge in [-0.05, 0) is 51.3 Å². The maximum absolute atomic E-state index is 13.8. The first-order valence-corrected chi connectivity index (χ1v) is 6.73. The zero-order valence-corrected chi connectivity index (χ0v) is 11.8. The number of rotatable bonds is 4. The van der Waals surface area contributed by atoms with Crippen LogP contribution in [-0.4, -0.2) is 18.3 Å². The molecule has 0 radical (unpaired) electrons. The van der Waals surface area contributed by atoms with E-state index in [0.29, 0.717) is 6.61 Å². The fraction of sp³-hybridized carbons (Fsp3) is 0.600. The fourth-order valence-corrected chi connectivity index (χ4v) is 2.30. The van der Waals surface area contributed by atoms with Gasteiger partial charge in [0.25, 0.3) is 0 Å². The van der Waals surface area contributed by atoms with Gasteiger partial charge < -0.3 is 15.2 Å². The molecule has 1 aromatic rings. The van der Waals surface area contributed by atoms with E-state index in [2.05, 4.69) is 13.8 Å². The molecule has 1 heterocycles. The normalized spacial score (nSPS) is 23.3. The average Bonchev–Trinajstić information content (AvgIpc) is 2.67. The molecule has 0 saturated carbocycles. The molecule has 0 spiro atoms. The van der Waals surface area contributed by atoms with Gasteiger partial charge in [0.15, 0.2) is 11.6 Å². The van der Waals surface area contributed by atoms with Gasteiger partial charge >= 0.3 is 0 Å². The van der Waals surface area contributed by atoms with Crippen LogP contribution in [0, 0.1) is 5.82 Å². The fourth-order valence-electron chi connectivity index (χ4n) is 2.30. The van der Waals surface area contributed by atoms with Gasteiger partial charge in [0.2, 0.25) is 0 Å². The van der Waals surface area contributed by atoms with Crippen LogP contribution in [-0.2, 0) is 4.74 Å². The molecular weight excluding hydrogens is 245 g/mol. The van der Waals surface area contributed by atoms with Gasteiger partial charge in [-0.2, -0.15) is 0 Å². The van der Waals surface area contributed by atoms with E-state index in [1.165, 1.54) is 6.07 Å². The lowest BCUT2D eigenvalue weighted by Gasteiger charge is -2.19. The van der Waals surface area contributed by atoms with Crippen LogP contribution in [0.1, 0.15) is 45.2 Å². The Morgan fingerprint density at radius 1 is 1.53 bits per heavy atom. The molecule has 4 heteroatoms. The van der Waals surface area contributed by atoms with Gasteiger partial charge in [-0.25, -0.2) is 4.39 Å². The van der Waals surface area contributed by atoms with Gasteiger partial charge in [-0.1, -0.05) is 6.07 Å². The predicted molar refractivity (Wildman–Crippen MR) is 72.7 cm³/mol. The van der Waals surface area contributed by atoms with Gasteiger partial charge in [-0.3, -0.25) is 0 Å². The van der Waals surface area contributed by atoms with E-state index in [-0.39, 0.29) is 29.3 Å². The zero-order chi connectivity index (χ0) is 14.0. The molecular formula is C15H22FNO2. The van der Waals surface area contributed by atoms with E-state index >= 15 is 0 Å². The minimum absolute atomic E-state index is 0.0440. The average molecular weight is 267 g/mol. The van der Waals surface area contributed by atoms with Crippen LogP contribution < -0.4 is 10.5 Å². The first kappa shape index (κ1) is 14.3. The lowest BCUT2D eigenvalue weighted by atomic mass is 10.1. The summed E-state index contributed by atoms with van der Waals surface area (Å²) < 4.78 is 25.1. The first-order valence-electron chi connectivity index (χ1n) is 6.73. The van der Waals surface area contributed by atoms with Crippen LogP contribution in [0.5, 0.6) is 5.75 Å².